The molecule has 0 spiro atoms. The summed E-state index contributed by atoms with van der Waals surface area (Å²) in [5.41, 5.74) is 11.4. The van der Waals surface area contributed by atoms with Crippen LogP contribution in [-0.2, 0) is 16.1 Å². The average Bonchev–Trinajstić information content (AvgIpc) is 2.98. The second kappa shape index (κ2) is 11.5. The molecule has 1 heterocycles. The van der Waals surface area contributed by atoms with Crippen molar-refractivity contribution in [1.29, 1.82) is 15.8 Å². The van der Waals surface area contributed by atoms with Crippen LogP contribution in [0.4, 0.5) is 4.79 Å². The largest absolute Gasteiger partial charge is 0.493 e. The van der Waals surface area contributed by atoms with Crippen LogP contribution in [-0.4, -0.2) is 43.7 Å². The number of nitriles is 3. The van der Waals surface area contributed by atoms with Crippen molar-refractivity contribution in [3.05, 3.63) is 82.6 Å². The van der Waals surface area contributed by atoms with Crippen LogP contribution in [0, 0.1) is 45.3 Å². The standard InChI is InChI=1S/C29H26N6O5/c1-38-24-11-19(7-8-23(24)39-15-25(33)36)26-22-13-35(28(37)40-14-18-5-3-2-4-6-18)10-9-20(22)21(12-30)27(34)29(26,16-31)17-32/h2-9,11,22,26H,10,13-15,34H2,1H3,(H2,33,36). The Morgan fingerprint density at radius 3 is 2.45 bits per heavy atom. The van der Waals surface area contributed by atoms with Crippen LogP contribution < -0.4 is 20.9 Å². The van der Waals surface area contributed by atoms with Gasteiger partial charge in [0.1, 0.15) is 12.7 Å². The summed E-state index contributed by atoms with van der Waals surface area (Å²) in [6, 6.07) is 20.1. The summed E-state index contributed by atoms with van der Waals surface area (Å²) in [7, 11) is 1.40. The number of nitrogens with two attached hydrogens (primary N) is 2. The predicted molar refractivity (Wildman–Crippen MR) is 141 cm³/mol. The number of amides is 2. The van der Waals surface area contributed by atoms with E-state index in [9.17, 15) is 25.4 Å². The van der Waals surface area contributed by atoms with Crippen LogP contribution in [0.1, 0.15) is 17.0 Å². The second-order valence-electron chi connectivity index (χ2n) is 9.29. The molecule has 11 nitrogen and oxygen atoms in total. The molecular weight excluding hydrogens is 512 g/mol. The summed E-state index contributed by atoms with van der Waals surface area (Å²) < 4.78 is 16.4. The highest BCUT2D eigenvalue weighted by Crippen LogP contribution is 2.54. The van der Waals surface area contributed by atoms with E-state index in [0.29, 0.717) is 11.1 Å². The summed E-state index contributed by atoms with van der Waals surface area (Å²) in [5, 5.41) is 30.6. The molecule has 2 aromatic rings. The molecule has 2 aliphatic rings. The number of carbonyl (C=O) groups is 2. The molecule has 0 saturated carbocycles. The number of benzene rings is 2. The summed E-state index contributed by atoms with van der Waals surface area (Å²) in [5.74, 6) is -1.76. The highest BCUT2D eigenvalue weighted by molar-refractivity contribution is 5.75. The lowest BCUT2D eigenvalue weighted by Gasteiger charge is -2.45. The number of primary amides is 1. The van der Waals surface area contributed by atoms with E-state index in [0.717, 1.165) is 5.56 Å². The van der Waals surface area contributed by atoms with Crippen LogP contribution in [0.25, 0.3) is 0 Å². The van der Waals surface area contributed by atoms with Crippen LogP contribution in [0.5, 0.6) is 11.5 Å². The lowest BCUT2D eigenvalue weighted by molar-refractivity contribution is -0.119. The van der Waals surface area contributed by atoms with E-state index < -0.39 is 29.3 Å². The number of hydrogen-bond acceptors (Lipinski definition) is 9. The average molecular weight is 539 g/mol. The highest BCUT2D eigenvalue weighted by Gasteiger charge is 2.55. The molecular formula is C29H26N6O5. The van der Waals surface area contributed by atoms with Gasteiger partial charge in [0.25, 0.3) is 5.91 Å². The lowest BCUT2D eigenvalue weighted by Crippen LogP contribution is -2.49. The fourth-order valence-corrected chi connectivity index (χ4v) is 5.16. The Balaban J connectivity index is 1.75. The maximum atomic E-state index is 13.0. The molecule has 0 fully saturated rings. The molecule has 4 N–H and O–H groups in total. The third-order valence-electron chi connectivity index (χ3n) is 7.04. The van der Waals surface area contributed by atoms with Crippen LogP contribution in [0.2, 0.25) is 0 Å². The van der Waals surface area contributed by atoms with E-state index in [4.69, 9.17) is 25.7 Å². The summed E-state index contributed by atoms with van der Waals surface area (Å²) >= 11 is 0. The summed E-state index contributed by atoms with van der Waals surface area (Å²) in [6.07, 6.45) is 1.13. The summed E-state index contributed by atoms with van der Waals surface area (Å²) in [6.45, 7) is -0.0897. The van der Waals surface area contributed by atoms with Crippen molar-refractivity contribution in [2.24, 2.45) is 22.8 Å². The van der Waals surface area contributed by atoms with Crippen molar-refractivity contribution in [1.82, 2.24) is 4.90 Å². The number of hydrogen-bond donors (Lipinski definition) is 2. The fourth-order valence-electron chi connectivity index (χ4n) is 5.16. The molecule has 0 bridgehead atoms. The minimum Gasteiger partial charge on any atom is -0.493 e. The first-order valence-corrected chi connectivity index (χ1v) is 12.3. The number of carbonyl (C=O) groups excluding carboxylic acids is 2. The number of methoxy groups -OCH3 is 1. The Hall–Kier alpha value is -5.47. The molecule has 40 heavy (non-hydrogen) atoms. The van der Waals surface area contributed by atoms with Gasteiger partial charge in [-0.3, -0.25) is 4.79 Å². The van der Waals surface area contributed by atoms with Gasteiger partial charge in [-0.25, -0.2) is 4.79 Å². The topological polar surface area (TPSA) is 188 Å². The van der Waals surface area contributed by atoms with Gasteiger partial charge in [-0.1, -0.05) is 42.5 Å². The van der Waals surface area contributed by atoms with Gasteiger partial charge in [0.2, 0.25) is 0 Å². The molecule has 2 unspecified atom stereocenters. The van der Waals surface area contributed by atoms with Gasteiger partial charge < -0.3 is 30.6 Å². The number of rotatable bonds is 7. The summed E-state index contributed by atoms with van der Waals surface area (Å²) in [4.78, 5) is 25.7. The zero-order valence-corrected chi connectivity index (χ0v) is 21.7. The van der Waals surface area contributed by atoms with Crippen molar-refractivity contribution < 1.29 is 23.8 Å². The zero-order valence-electron chi connectivity index (χ0n) is 21.7. The molecule has 2 amide bonds. The van der Waals surface area contributed by atoms with E-state index in [1.165, 1.54) is 18.1 Å². The van der Waals surface area contributed by atoms with Crippen molar-refractivity contribution in [3.8, 4) is 29.7 Å². The Bertz CT molecular complexity index is 1500. The predicted octanol–water partition coefficient (Wildman–Crippen LogP) is 2.62. The smallest absolute Gasteiger partial charge is 0.410 e. The van der Waals surface area contributed by atoms with Gasteiger partial charge in [0.15, 0.2) is 23.5 Å². The molecule has 1 aliphatic carbocycles. The molecule has 4 rings (SSSR count). The van der Waals surface area contributed by atoms with Crippen molar-refractivity contribution >= 4 is 12.0 Å². The molecule has 2 aromatic carbocycles. The van der Waals surface area contributed by atoms with Crippen LogP contribution >= 0.6 is 0 Å². The number of fused-ring (bicyclic) bond motifs is 1. The van der Waals surface area contributed by atoms with Crippen molar-refractivity contribution in [3.63, 3.8) is 0 Å². The van der Waals surface area contributed by atoms with E-state index >= 15 is 0 Å². The fraction of sp³-hybridized carbons (Fsp3) is 0.276. The maximum absolute atomic E-state index is 13.0. The molecule has 0 saturated heterocycles. The van der Waals surface area contributed by atoms with E-state index in [1.807, 2.05) is 30.3 Å². The SMILES string of the molecule is COc1cc(C2C3CN(C(=O)OCc4ccccc4)CC=C3C(C#N)=C(N)C2(C#N)C#N)ccc1OCC(N)=O. The Morgan fingerprint density at radius 2 is 1.82 bits per heavy atom. The molecule has 202 valence electrons. The van der Waals surface area contributed by atoms with Gasteiger partial charge in [0, 0.05) is 24.9 Å². The molecule has 11 heteroatoms. The maximum Gasteiger partial charge on any atom is 0.410 e. The molecule has 0 radical (unpaired) electrons. The third kappa shape index (κ3) is 4.99. The Morgan fingerprint density at radius 1 is 1.10 bits per heavy atom. The van der Waals surface area contributed by atoms with E-state index in [1.54, 1.807) is 18.2 Å². The minimum absolute atomic E-state index is 0.0510. The van der Waals surface area contributed by atoms with Gasteiger partial charge in [0.05, 0.1) is 30.5 Å². The van der Waals surface area contributed by atoms with E-state index in [-0.39, 0.29) is 49.1 Å². The van der Waals surface area contributed by atoms with Crippen molar-refractivity contribution in [2.75, 3.05) is 26.8 Å². The third-order valence-corrected chi connectivity index (χ3v) is 7.04. The highest BCUT2D eigenvalue weighted by atomic mass is 16.6. The zero-order chi connectivity index (χ0) is 28.9. The minimum atomic E-state index is -1.93. The molecule has 0 aromatic heterocycles. The first-order valence-electron chi connectivity index (χ1n) is 12.3. The van der Waals surface area contributed by atoms with Gasteiger partial charge in [-0.2, -0.15) is 15.8 Å². The normalized spacial score (nSPS) is 19.1. The van der Waals surface area contributed by atoms with E-state index in [2.05, 4.69) is 18.2 Å². The number of nitrogens with zero attached hydrogens (tertiary/aromatic N) is 4. The van der Waals surface area contributed by atoms with Crippen LogP contribution in [0.15, 0.2) is 71.5 Å². The number of allylic oxidation sites excluding steroid dienone is 2. The first kappa shape index (κ1) is 27.6. The second-order valence-corrected chi connectivity index (χ2v) is 9.29. The quantitative estimate of drug-likeness (QED) is 0.534. The monoisotopic (exact) mass is 538 g/mol. The van der Waals surface area contributed by atoms with Gasteiger partial charge >= 0.3 is 6.09 Å². The lowest BCUT2D eigenvalue weighted by atomic mass is 9.58. The van der Waals surface area contributed by atoms with Gasteiger partial charge in [-0.15, -0.1) is 0 Å². The first-order chi connectivity index (χ1) is 19.3. The number of ether oxygens (including phenoxy) is 3. The molecule has 1 aliphatic heterocycles. The van der Waals surface area contributed by atoms with Crippen LogP contribution in [0.3, 0.4) is 0 Å². The van der Waals surface area contributed by atoms with Gasteiger partial charge in [-0.05, 0) is 28.8 Å². The Labute approximate surface area is 231 Å². The Kier molecular flexibility index (Phi) is 7.93. The van der Waals surface area contributed by atoms with Crippen molar-refractivity contribution in [2.45, 2.75) is 12.5 Å². The molecule has 2 atom stereocenters.